The first-order valence-corrected chi connectivity index (χ1v) is 6.81. The molecule has 0 aliphatic carbocycles. The Morgan fingerprint density at radius 2 is 1.74 bits per heavy atom. The summed E-state index contributed by atoms with van der Waals surface area (Å²) in [5.41, 5.74) is 0.742. The molecule has 0 amide bonds. The standard InChI is InChI=1S/C18H16O5/c1-22-13-8-10-17(23-2)15(11-13)16(19)9-7-12-5-3-4-6-14(12)18(20)21/h3-11H,1-2H3,(H,20,21)/p-1/b9-7+. The number of ether oxygens (including phenoxy) is 2. The molecule has 0 saturated heterocycles. The lowest BCUT2D eigenvalue weighted by atomic mass is 10.0. The molecule has 0 saturated carbocycles. The molecule has 0 aliphatic heterocycles. The minimum absolute atomic E-state index is 0.0224. The zero-order valence-corrected chi connectivity index (χ0v) is 12.7. The lowest BCUT2D eigenvalue weighted by Crippen LogP contribution is -2.23. The van der Waals surface area contributed by atoms with E-state index in [1.54, 1.807) is 36.4 Å². The Hall–Kier alpha value is -3.08. The number of hydrogen-bond donors (Lipinski definition) is 0. The van der Waals surface area contributed by atoms with E-state index in [0.717, 1.165) is 0 Å². The monoisotopic (exact) mass is 311 g/mol. The third-order valence-electron chi connectivity index (χ3n) is 3.27. The van der Waals surface area contributed by atoms with Crippen LogP contribution in [0.5, 0.6) is 11.5 Å². The van der Waals surface area contributed by atoms with Crippen LogP contribution in [0.4, 0.5) is 0 Å². The summed E-state index contributed by atoms with van der Waals surface area (Å²) in [6.07, 6.45) is 2.73. The molecule has 0 spiro atoms. The van der Waals surface area contributed by atoms with Gasteiger partial charge in [-0.15, -0.1) is 0 Å². The van der Waals surface area contributed by atoms with E-state index in [4.69, 9.17) is 9.47 Å². The summed E-state index contributed by atoms with van der Waals surface area (Å²) in [4.78, 5) is 23.4. The number of benzene rings is 2. The molecule has 0 N–H and O–H groups in total. The molecule has 5 nitrogen and oxygen atoms in total. The molecule has 0 bridgehead atoms. The van der Waals surface area contributed by atoms with Gasteiger partial charge in [-0.1, -0.05) is 30.3 Å². The van der Waals surface area contributed by atoms with Crippen molar-refractivity contribution in [2.75, 3.05) is 14.2 Å². The average Bonchev–Trinajstić information content (AvgIpc) is 2.59. The summed E-state index contributed by atoms with van der Waals surface area (Å²) in [6, 6.07) is 11.2. The van der Waals surface area contributed by atoms with Crippen LogP contribution >= 0.6 is 0 Å². The molecular weight excluding hydrogens is 296 g/mol. The van der Waals surface area contributed by atoms with Crippen molar-refractivity contribution in [2.24, 2.45) is 0 Å². The van der Waals surface area contributed by atoms with Gasteiger partial charge in [-0.2, -0.15) is 0 Å². The predicted octanol–water partition coefficient (Wildman–Crippen LogP) is 1.96. The normalized spacial score (nSPS) is 10.5. The van der Waals surface area contributed by atoms with E-state index in [9.17, 15) is 14.7 Å². The molecule has 0 fully saturated rings. The van der Waals surface area contributed by atoms with Crippen LogP contribution in [0.1, 0.15) is 26.3 Å². The van der Waals surface area contributed by atoms with Gasteiger partial charge in [0.05, 0.1) is 25.8 Å². The number of ketones is 1. The number of carboxylic acid groups (broad SMARTS) is 1. The minimum atomic E-state index is -1.29. The van der Waals surface area contributed by atoms with Crippen LogP contribution in [-0.4, -0.2) is 26.0 Å². The molecule has 2 rings (SSSR count). The number of allylic oxidation sites excluding steroid dienone is 1. The van der Waals surface area contributed by atoms with Crippen molar-refractivity contribution in [3.8, 4) is 11.5 Å². The van der Waals surface area contributed by atoms with E-state index >= 15 is 0 Å². The maximum Gasteiger partial charge on any atom is 0.189 e. The lowest BCUT2D eigenvalue weighted by molar-refractivity contribution is -0.255. The number of carboxylic acids is 1. The quantitative estimate of drug-likeness (QED) is 0.602. The predicted molar refractivity (Wildman–Crippen MR) is 83.7 cm³/mol. The van der Waals surface area contributed by atoms with Crippen molar-refractivity contribution in [2.45, 2.75) is 0 Å². The first-order chi connectivity index (χ1) is 11.1. The van der Waals surface area contributed by atoms with E-state index in [2.05, 4.69) is 0 Å². The summed E-state index contributed by atoms with van der Waals surface area (Å²) >= 11 is 0. The van der Waals surface area contributed by atoms with Gasteiger partial charge in [0, 0.05) is 5.56 Å². The number of methoxy groups -OCH3 is 2. The van der Waals surface area contributed by atoms with Crippen molar-refractivity contribution < 1.29 is 24.2 Å². The second kappa shape index (κ2) is 7.26. The summed E-state index contributed by atoms with van der Waals surface area (Å²) < 4.78 is 10.3. The van der Waals surface area contributed by atoms with Crippen LogP contribution in [0, 0.1) is 0 Å². The fourth-order valence-corrected chi connectivity index (χ4v) is 2.09. The Bertz CT molecular complexity index is 762. The van der Waals surface area contributed by atoms with Gasteiger partial charge in [0.1, 0.15) is 11.5 Å². The highest BCUT2D eigenvalue weighted by Crippen LogP contribution is 2.25. The van der Waals surface area contributed by atoms with Gasteiger partial charge < -0.3 is 19.4 Å². The van der Waals surface area contributed by atoms with Gasteiger partial charge in [-0.05, 0) is 29.8 Å². The van der Waals surface area contributed by atoms with Crippen molar-refractivity contribution in [1.29, 1.82) is 0 Å². The molecule has 0 aliphatic rings. The maximum absolute atomic E-state index is 12.4. The fourth-order valence-electron chi connectivity index (χ4n) is 2.09. The van der Waals surface area contributed by atoms with E-state index in [-0.39, 0.29) is 11.3 Å². The van der Waals surface area contributed by atoms with Crippen LogP contribution < -0.4 is 14.6 Å². The zero-order chi connectivity index (χ0) is 16.8. The molecule has 0 radical (unpaired) electrons. The van der Waals surface area contributed by atoms with Crippen LogP contribution in [0.15, 0.2) is 48.5 Å². The van der Waals surface area contributed by atoms with Gasteiger partial charge in [0.2, 0.25) is 0 Å². The number of aromatic carboxylic acids is 1. The second-order valence-corrected chi connectivity index (χ2v) is 4.64. The molecule has 0 unspecified atom stereocenters. The molecule has 5 heteroatoms. The molecule has 0 aromatic heterocycles. The third kappa shape index (κ3) is 3.77. The van der Waals surface area contributed by atoms with Gasteiger partial charge in [-0.25, -0.2) is 0 Å². The van der Waals surface area contributed by atoms with E-state index in [1.165, 1.54) is 32.4 Å². The average molecular weight is 311 g/mol. The van der Waals surface area contributed by atoms with Crippen LogP contribution in [-0.2, 0) is 0 Å². The van der Waals surface area contributed by atoms with Crippen LogP contribution in [0.2, 0.25) is 0 Å². The highest BCUT2D eigenvalue weighted by atomic mass is 16.5. The van der Waals surface area contributed by atoms with Gasteiger partial charge in [-0.3, -0.25) is 4.79 Å². The van der Waals surface area contributed by atoms with E-state index in [1.807, 2.05) is 0 Å². The lowest BCUT2D eigenvalue weighted by Gasteiger charge is -2.08. The maximum atomic E-state index is 12.4. The molecule has 0 heterocycles. The molecule has 2 aromatic rings. The number of carbonyl (C=O) groups is 2. The topological polar surface area (TPSA) is 75.7 Å². The van der Waals surface area contributed by atoms with Crippen molar-refractivity contribution in [3.63, 3.8) is 0 Å². The first kappa shape index (κ1) is 16.3. The first-order valence-electron chi connectivity index (χ1n) is 6.81. The fraction of sp³-hybridized carbons (Fsp3) is 0.111. The largest absolute Gasteiger partial charge is 0.545 e. The Morgan fingerprint density at radius 3 is 2.39 bits per heavy atom. The number of carbonyl (C=O) groups excluding carboxylic acids is 2. The summed E-state index contributed by atoms with van der Waals surface area (Å²) in [5, 5.41) is 11.1. The Morgan fingerprint density at radius 1 is 1.00 bits per heavy atom. The molecule has 0 atom stereocenters. The summed E-state index contributed by atoms with van der Waals surface area (Å²) in [7, 11) is 2.97. The summed E-state index contributed by atoms with van der Waals surface area (Å²) in [5.74, 6) is -0.683. The SMILES string of the molecule is COc1ccc(OC)c(C(=O)/C=C/c2ccccc2C(=O)[O-])c1. The highest BCUT2D eigenvalue weighted by Gasteiger charge is 2.11. The Kier molecular flexibility index (Phi) is 5.15. The van der Waals surface area contributed by atoms with Crippen molar-refractivity contribution in [3.05, 3.63) is 65.2 Å². The Balaban J connectivity index is 2.34. The minimum Gasteiger partial charge on any atom is -0.545 e. The highest BCUT2D eigenvalue weighted by molar-refractivity contribution is 6.09. The number of rotatable bonds is 6. The number of hydrogen-bond acceptors (Lipinski definition) is 5. The smallest absolute Gasteiger partial charge is 0.189 e. The van der Waals surface area contributed by atoms with Gasteiger partial charge >= 0.3 is 0 Å². The van der Waals surface area contributed by atoms with E-state index in [0.29, 0.717) is 22.6 Å². The van der Waals surface area contributed by atoms with E-state index < -0.39 is 5.97 Å². The van der Waals surface area contributed by atoms with Crippen LogP contribution in [0.3, 0.4) is 0 Å². The van der Waals surface area contributed by atoms with Gasteiger partial charge in [0.15, 0.2) is 5.78 Å². The third-order valence-corrected chi connectivity index (χ3v) is 3.27. The molecule has 118 valence electrons. The van der Waals surface area contributed by atoms with Crippen molar-refractivity contribution >= 4 is 17.8 Å². The molecule has 23 heavy (non-hydrogen) atoms. The zero-order valence-electron chi connectivity index (χ0n) is 12.7. The van der Waals surface area contributed by atoms with Crippen LogP contribution in [0.25, 0.3) is 6.08 Å². The van der Waals surface area contributed by atoms with Crippen molar-refractivity contribution in [1.82, 2.24) is 0 Å². The second-order valence-electron chi connectivity index (χ2n) is 4.64. The summed E-state index contributed by atoms with van der Waals surface area (Å²) in [6.45, 7) is 0. The molecular formula is C18H15O5-. The molecule has 2 aromatic carbocycles. The van der Waals surface area contributed by atoms with Gasteiger partial charge in [0.25, 0.3) is 0 Å². The Labute approximate surface area is 133 Å².